The molecule has 1 amide bonds. The van der Waals surface area contributed by atoms with Gasteiger partial charge in [-0.05, 0) is 33.9 Å². The third-order valence-electron chi connectivity index (χ3n) is 3.16. The van der Waals surface area contributed by atoms with Gasteiger partial charge >= 0.3 is 0 Å². The highest BCUT2D eigenvalue weighted by Crippen LogP contribution is 2.16. The molecule has 2 unspecified atom stereocenters. The van der Waals surface area contributed by atoms with Crippen LogP contribution in [0.5, 0.6) is 0 Å². The van der Waals surface area contributed by atoms with E-state index in [1.54, 1.807) is 0 Å². The van der Waals surface area contributed by atoms with Crippen LogP contribution in [-0.4, -0.2) is 60.8 Å². The van der Waals surface area contributed by atoms with Gasteiger partial charge in [0, 0.05) is 19.6 Å². The van der Waals surface area contributed by atoms with Crippen LogP contribution in [0, 0.1) is 0 Å². The molecule has 1 aliphatic rings. The number of hydrogen-bond acceptors (Lipinski definition) is 4. The number of rotatable bonds is 5. The molecule has 0 aromatic carbocycles. The fraction of sp³-hybridized carbons (Fsp3) is 0.909. The van der Waals surface area contributed by atoms with E-state index in [0.717, 1.165) is 13.0 Å². The normalized spacial score (nSPS) is 27.1. The standard InChI is InChI=1S/C11H23N3O2/c1-4-13-10(15)9(2)14(3)8-11(16)5-6-12-7-11/h9,12,16H,4-8H2,1-3H3,(H,13,15). The van der Waals surface area contributed by atoms with Gasteiger partial charge in [-0.1, -0.05) is 0 Å². The summed E-state index contributed by atoms with van der Waals surface area (Å²) in [5, 5.41) is 16.1. The van der Waals surface area contributed by atoms with Crippen molar-refractivity contribution in [3.63, 3.8) is 0 Å². The van der Waals surface area contributed by atoms with Gasteiger partial charge in [0.15, 0.2) is 0 Å². The van der Waals surface area contributed by atoms with Crippen LogP contribution in [0.3, 0.4) is 0 Å². The average molecular weight is 229 g/mol. The second kappa shape index (κ2) is 5.61. The molecule has 0 aromatic heterocycles. The molecule has 3 N–H and O–H groups in total. The maximum Gasteiger partial charge on any atom is 0.237 e. The van der Waals surface area contributed by atoms with E-state index in [1.165, 1.54) is 0 Å². The maximum absolute atomic E-state index is 11.6. The van der Waals surface area contributed by atoms with Gasteiger partial charge in [0.25, 0.3) is 0 Å². The fourth-order valence-corrected chi connectivity index (χ4v) is 1.99. The lowest BCUT2D eigenvalue weighted by Gasteiger charge is -2.31. The number of likely N-dealkylation sites (N-methyl/N-ethyl adjacent to an activating group) is 2. The molecular weight excluding hydrogens is 206 g/mol. The average Bonchev–Trinajstić information content (AvgIpc) is 2.64. The second-order valence-electron chi connectivity index (χ2n) is 4.64. The summed E-state index contributed by atoms with van der Waals surface area (Å²) in [5.74, 6) is 0.0135. The summed E-state index contributed by atoms with van der Waals surface area (Å²) in [6.45, 7) is 6.39. The fourth-order valence-electron chi connectivity index (χ4n) is 1.99. The van der Waals surface area contributed by atoms with Crippen molar-refractivity contribution in [1.29, 1.82) is 0 Å². The molecule has 1 saturated heterocycles. The number of amides is 1. The Hall–Kier alpha value is -0.650. The molecule has 5 nitrogen and oxygen atoms in total. The van der Waals surface area contributed by atoms with E-state index in [4.69, 9.17) is 0 Å². The number of nitrogens with zero attached hydrogens (tertiary/aromatic N) is 1. The van der Waals surface area contributed by atoms with E-state index >= 15 is 0 Å². The Bertz CT molecular complexity index is 239. The number of hydrogen-bond donors (Lipinski definition) is 3. The van der Waals surface area contributed by atoms with Crippen molar-refractivity contribution in [3.8, 4) is 0 Å². The summed E-state index contributed by atoms with van der Waals surface area (Å²) in [6.07, 6.45) is 0.749. The minimum Gasteiger partial charge on any atom is -0.387 e. The SMILES string of the molecule is CCNC(=O)C(C)N(C)CC1(O)CCNC1. The zero-order valence-corrected chi connectivity index (χ0v) is 10.4. The van der Waals surface area contributed by atoms with Crippen LogP contribution in [0.25, 0.3) is 0 Å². The monoisotopic (exact) mass is 229 g/mol. The first-order chi connectivity index (χ1) is 7.48. The number of carbonyl (C=O) groups is 1. The summed E-state index contributed by atoms with van der Waals surface area (Å²) in [6, 6.07) is -0.204. The number of aliphatic hydroxyl groups is 1. The molecule has 0 aliphatic carbocycles. The van der Waals surface area contributed by atoms with Crippen LogP contribution >= 0.6 is 0 Å². The minimum atomic E-state index is -0.685. The van der Waals surface area contributed by atoms with Crippen LogP contribution in [0.4, 0.5) is 0 Å². The molecule has 2 atom stereocenters. The maximum atomic E-state index is 11.6. The Kier molecular flexibility index (Phi) is 4.70. The van der Waals surface area contributed by atoms with Crippen LogP contribution in [-0.2, 0) is 4.79 Å². The highest BCUT2D eigenvalue weighted by Gasteiger charge is 2.34. The summed E-state index contributed by atoms with van der Waals surface area (Å²) in [4.78, 5) is 13.5. The smallest absolute Gasteiger partial charge is 0.237 e. The molecule has 1 fully saturated rings. The van der Waals surface area contributed by atoms with E-state index in [1.807, 2.05) is 25.8 Å². The molecule has 0 radical (unpaired) electrons. The highest BCUT2D eigenvalue weighted by molar-refractivity contribution is 5.81. The van der Waals surface area contributed by atoms with Gasteiger partial charge in [0.05, 0.1) is 11.6 Å². The van der Waals surface area contributed by atoms with E-state index in [-0.39, 0.29) is 11.9 Å². The first kappa shape index (κ1) is 13.4. The van der Waals surface area contributed by atoms with E-state index < -0.39 is 5.60 Å². The third kappa shape index (κ3) is 3.43. The number of β-amino-alcohol motifs (C(OH)–C–C–N with tert-alkyl or cyclic N) is 1. The summed E-state index contributed by atoms with van der Waals surface area (Å²) < 4.78 is 0. The Labute approximate surface area is 97.2 Å². The first-order valence-corrected chi connectivity index (χ1v) is 5.89. The van der Waals surface area contributed by atoms with E-state index in [9.17, 15) is 9.90 Å². The van der Waals surface area contributed by atoms with E-state index in [0.29, 0.717) is 19.6 Å². The van der Waals surface area contributed by atoms with Gasteiger partial charge in [0.1, 0.15) is 0 Å². The predicted molar refractivity (Wildman–Crippen MR) is 63.2 cm³/mol. The van der Waals surface area contributed by atoms with Gasteiger partial charge < -0.3 is 15.7 Å². The van der Waals surface area contributed by atoms with Crippen molar-refractivity contribution in [2.75, 3.05) is 33.2 Å². The lowest BCUT2D eigenvalue weighted by Crippen LogP contribution is -2.50. The Morgan fingerprint density at radius 1 is 1.69 bits per heavy atom. The Morgan fingerprint density at radius 2 is 2.38 bits per heavy atom. The van der Waals surface area contributed by atoms with Gasteiger partial charge in [-0.2, -0.15) is 0 Å². The van der Waals surface area contributed by atoms with Crippen LogP contribution < -0.4 is 10.6 Å². The van der Waals surface area contributed by atoms with Crippen molar-refractivity contribution in [2.45, 2.75) is 31.9 Å². The van der Waals surface area contributed by atoms with Crippen molar-refractivity contribution >= 4 is 5.91 Å². The van der Waals surface area contributed by atoms with Gasteiger partial charge in [-0.3, -0.25) is 9.69 Å². The van der Waals surface area contributed by atoms with Crippen molar-refractivity contribution in [1.82, 2.24) is 15.5 Å². The predicted octanol–water partition coefficient (Wildman–Crippen LogP) is -0.833. The first-order valence-electron chi connectivity index (χ1n) is 5.89. The molecule has 1 heterocycles. The number of carbonyl (C=O) groups excluding carboxylic acids is 1. The third-order valence-corrected chi connectivity index (χ3v) is 3.16. The van der Waals surface area contributed by atoms with Crippen molar-refractivity contribution in [3.05, 3.63) is 0 Å². The van der Waals surface area contributed by atoms with E-state index in [2.05, 4.69) is 10.6 Å². The molecular formula is C11H23N3O2. The van der Waals surface area contributed by atoms with Crippen molar-refractivity contribution < 1.29 is 9.90 Å². The highest BCUT2D eigenvalue weighted by atomic mass is 16.3. The molecule has 0 bridgehead atoms. The summed E-state index contributed by atoms with van der Waals surface area (Å²) in [7, 11) is 1.87. The molecule has 1 aliphatic heterocycles. The van der Waals surface area contributed by atoms with Gasteiger partial charge in [-0.15, -0.1) is 0 Å². The van der Waals surface area contributed by atoms with Crippen LogP contribution in [0.2, 0.25) is 0 Å². The largest absolute Gasteiger partial charge is 0.387 e. The molecule has 0 saturated carbocycles. The second-order valence-corrected chi connectivity index (χ2v) is 4.64. The number of nitrogens with one attached hydrogen (secondary N) is 2. The zero-order chi connectivity index (χ0) is 12.2. The summed E-state index contributed by atoms with van der Waals surface area (Å²) >= 11 is 0. The topological polar surface area (TPSA) is 64.6 Å². The van der Waals surface area contributed by atoms with Gasteiger partial charge in [0.2, 0.25) is 5.91 Å². The quantitative estimate of drug-likeness (QED) is 0.575. The molecule has 1 rings (SSSR count). The Morgan fingerprint density at radius 3 is 2.88 bits per heavy atom. The van der Waals surface area contributed by atoms with Crippen LogP contribution in [0.1, 0.15) is 20.3 Å². The zero-order valence-electron chi connectivity index (χ0n) is 10.4. The lowest BCUT2D eigenvalue weighted by atomic mass is 10.0. The molecule has 16 heavy (non-hydrogen) atoms. The molecule has 0 aromatic rings. The lowest BCUT2D eigenvalue weighted by molar-refractivity contribution is -0.126. The molecule has 94 valence electrons. The van der Waals surface area contributed by atoms with Crippen LogP contribution in [0.15, 0.2) is 0 Å². The Balaban J connectivity index is 2.44. The summed E-state index contributed by atoms with van der Waals surface area (Å²) in [5.41, 5.74) is -0.685. The van der Waals surface area contributed by atoms with Crippen molar-refractivity contribution in [2.24, 2.45) is 0 Å². The minimum absolute atomic E-state index is 0.0135. The molecule has 0 spiro atoms. The molecule has 5 heteroatoms. The van der Waals surface area contributed by atoms with Gasteiger partial charge in [-0.25, -0.2) is 0 Å².